The van der Waals surface area contributed by atoms with Crippen LogP contribution in [0.3, 0.4) is 0 Å². The van der Waals surface area contributed by atoms with Gasteiger partial charge in [0.1, 0.15) is 11.5 Å². The van der Waals surface area contributed by atoms with Crippen LogP contribution in [-0.4, -0.2) is 32.7 Å². The van der Waals surface area contributed by atoms with Crippen molar-refractivity contribution in [3.05, 3.63) is 48.4 Å². The number of amides is 1. The minimum atomic E-state index is -1.10. The number of carboxylic acid groups (broad SMARTS) is 1. The average molecular weight is 304 g/mol. The number of carbonyl (C=O) groups excluding carboxylic acids is 1. The number of carbonyl (C=O) groups is 2. The first kappa shape index (κ1) is 14.8. The normalized spacial score (nSPS) is 9.90. The predicted molar refractivity (Wildman–Crippen MR) is 77.9 cm³/mol. The van der Waals surface area contributed by atoms with Crippen molar-refractivity contribution in [3.63, 3.8) is 0 Å². The van der Waals surface area contributed by atoms with E-state index in [1.807, 2.05) is 0 Å². The number of nitrogens with one attached hydrogen (secondary N) is 2. The molecule has 0 saturated carbocycles. The molecule has 2 heterocycles. The van der Waals surface area contributed by atoms with Gasteiger partial charge in [-0.1, -0.05) is 6.07 Å². The van der Waals surface area contributed by atoms with E-state index < -0.39 is 5.97 Å². The minimum Gasteiger partial charge on any atom is -0.477 e. The first-order chi connectivity index (χ1) is 10.1. The van der Waals surface area contributed by atoms with E-state index in [2.05, 4.69) is 20.8 Å². The fraction of sp³-hybridized carbons (Fsp3) is 0.0769. The summed E-state index contributed by atoms with van der Waals surface area (Å²) in [7, 11) is 0. The molecular weight excluding hydrogens is 292 g/mol. The van der Waals surface area contributed by atoms with Gasteiger partial charge in [0.25, 0.3) is 0 Å². The summed E-state index contributed by atoms with van der Waals surface area (Å²) in [5.74, 6) is -0.672. The van der Waals surface area contributed by atoms with Gasteiger partial charge in [-0.2, -0.15) is 0 Å². The molecule has 0 spiro atoms. The Balaban J connectivity index is 1.81. The van der Waals surface area contributed by atoms with E-state index in [0.29, 0.717) is 10.7 Å². The highest BCUT2D eigenvalue weighted by molar-refractivity contribution is 8.00. The van der Waals surface area contributed by atoms with Gasteiger partial charge in [0.15, 0.2) is 0 Å². The number of hydrogen-bond donors (Lipinski definition) is 3. The van der Waals surface area contributed by atoms with Crippen molar-refractivity contribution in [2.45, 2.75) is 4.90 Å². The Labute approximate surface area is 124 Å². The molecule has 0 saturated heterocycles. The van der Waals surface area contributed by atoms with E-state index >= 15 is 0 Å². The molecule has 21 heavy (non-hydrogen) atoms. The highest BCUT2D eigenvalue weighted by Gasteiger charge is 2.07. The Hall–Kier alpha value is -2.61. The molecule has 8 heteroatoms. The van der Waals surface area contributed by atoms with Crippen molar-refractivity contribution in [2.75, 3.05) is 11.2 Å². The van der Waals surface area contributed by atoms with Crippen molar-refractivity contribution >= 4 is 29.5 Å². The van der Waals surface area contributed by atoms with Crippen molar-refractivity contribution in [1.29, 1.82) is 0 Å². The molecule has 0 unspecified atom stereocenters. The largest absolute Gasteiger partial charge is 0.477 e. The molecule has 0 atom stereocenters. The number of aromatic carboxylic acids is 1. The van der Waals surface area contributed by atoms with Crippen LogP contribution in [0.4, 0.5) is 5.82 Å². The molecular formula is C13H12N4O3S. The van der Waals surface area contributed by atoms with Crippen molar-refractivity contribution in [1.82, 2.24) is 15.4 Å². The van der Waals surface area contributed by atoms with E-state index in [9.17, 15) is 9.59 Å². The zero-order valence-electron chi connectivity index (χ0n) is 10.8. The third kappa shape index (κ3) is 4.77. The number of aromatic nitrogens is 2. The van der Waals surface area contributed by atoms with E-state index in [0.717, 1.165) is 0 Å². The molecule has 2 aromatic heterocycles. The lowest BCUT2D eigenvalue weighted by molar-refractivity contribution is -0.118. The zero-order chi connectivity index (χ0) is 15.1. The van der Waals surface area contributed by atoms with Crippen LogP contribution in [0.25, 0.3) is 0 Å². The summed E-state index contributed by atoms with van der Waals surface area (Å²) >= 11 is 1.22. The Kier molecular flexibility index (Phi) is 5.10. The summed E-state index contributed by atoms with van der Waals surface area (Å²) in [6.07, 6.45) is 3.00. The van der Waals surface area contributed by atoms with Gasteiger partial charge in [-0.15, -0.1) is 11.8 Å². The van der Waals surface area contributed by atoms with Crippen molar-refractivity contribution in [3.8, 4) is 0 Å². The molecule has 0 aliphatic rings. The first-order valence-corrected chi connectivity index (χ1v) is 6.92. The van der Waals surface area contributed by atoms with E-state index in [-0.39, 0.29) is 17.4 Å². The molecule has 0 radical (unpaired) electrons. The van der Waals surface area contributed by atoms with Crippen LogP contribution in [0.5, 0.6) is 0 Å². The molecule has 3 N–H and O–H groups in total. The van der Waals surface area contributed by atoms with Gasteiger partial charge >= 0.3 is 5.97 Å². The fourth-order valence-corrected chi connectivity index (χ4v) is 2.10. The molecule has 2 aromatic rings. The van der Waals surface area contributed by atoms with Gasteiger partial charge < -0.3 is 5.11 Å². The number of hydrazine groups is 1. The molecule has 0 bridgehead atoms. The summed E-state index contributed by atoms with van der Waals surface area (Å²) in [6.45, 7) is 0. The van der Waals surface area contributed by atoms with E-state index in [1.54, 1.807) is 30.5 Å². The van der Waals surface area contributed by atoms with Gasteiger partial charge in [0, 0.05) is 17.3 Å². The minimum absolute atomic E-state index is 0.0491. The summed E-state index contributed by atoms with van der Waals surface area (Å²) in [5, 5.41) is 8.83. The number of pyridine rings is 2. The van der Waals surface area contributed by atoms with Gasteiger partial charge in [-0.3, -0.25) is 15.6 Å². The number of carboxylic acids is 1. The number of rotatable bonds is 6. The maximum Gasteiger partial charge on any atom is 0.354 e. The average Bonchev–Trinajstić information content (AvgIpc) is 2.52. The van der Waals surface area contributed by atoms with Crippen LogP contribution in [0, 0.1) is 0 Å². The Bertz CT molecular complexity index is 636. The molecule has 108 valence electrons. The van der Waals surface area contributed by atoms with Gasteiger partial charge in [-0.05, 0) is 24.3 Å². The highest BCUT2D eigenvalue weighted by atomic mass is 32.2. The van der Waals surface area contributed by atoms with Crippen LogP contribution in [0.15, 0.2) is 47.6 Å². The Morgan fingerprint density at radius 2 is 2.05 bits per heavy atom. The summed E-state index contributed by atoms with van der Waals surface area (Å²) in [5.41, 5.74) is 5.13. The number of thioether (sulfide) groups is 1. The molecule has 1 amide bonds. The molecule has 0 aromatic carbocycles. The van der Waals surface area contributed by atoms with Crippen molar-refractivity contribution < 1.29 is 14.7 Å². The lowest BCUT2D eigenvalue weighted by Crippen LogP contribution is -2.31. The molecule has 0 aliphatic carbocycles. The smallest absolute Gasteiger partial charge is 0.354 e. The van der Waals surface area contributed by atoms with Gasteiger partial charge in [0.05, 0.1) is 5.75 Å². The zero-order valence-corrected chi connectivity index (χ0v) is 11.6. The summed E-state index contributed by atoms with van der Waals surface area (Å²) in [4.78, 5) is 30.8. The molecule has 0 aliphatic heterocycles. The molecule has 7 nitrogen and oxygen atoms in total. The quantitative estimate of drug-likeness (QED) is 0.547. The van der Waals surface area contributed by atoms with Crippen LogP contribution >= 0.6 is 11.8 Å². The molecule has 2 rings (SSSR count). The maximum atomic E-state index is 11.7. The summed E-state index contributed by atoms with van der Waals surface area (Å²) < 4.78 is 0. The predicted octanol–water partition coefficient (Wildman–Crippen LogP) is 1.41. The maximum absolute atomic E-state index is 11.7. The number of nitrogens with zero attached hydrogens (tertiary/aromatic N) is 2. The SMILES string of the molecule is O=C(CSc1ccnc(C(=O)O)c1)NNc1ccccn1. The van der Waals surface area contributed by atoms with Crippen LogP contribution < -0.4 is 10.9 Å². The second kappa shape index (κ2) is 7.25. The van der Waals surface area contributed by atoms with Gasteiger partial charge in [0.2, 0.25) is 5.91 Å². The number of anilines is 1. The van der Waals surface area contributed by atoms with E-state index in [4.69, 9.17) is 5.11 Å². The van der Waals surface area contributed by atoms with Crippen molar-refractivity contribution in [2.24, 2.45) is 0 Å². The second-order valence-electron chi connectivity index (χ2n) is 3.86. The molecule has 0 fully saturated rings. The summed E-state index contributed by atoms with van der Waals surface area (Å²) in [6, 6.07) is 8.35. The third-order valence-electron chi connectivity index (χ3n) is 2.32. The first-order valence-electron chi connectivity index (χ1n) is 5.93. The van der Waals surface area contributed by atoms with Gasteiger partial charge in [-0.25, -0.2) is 14.8 Å². The Morgan fingerprint density at radius 1 is 1.19 bits per heavy atom. The highest BCUT2D eigenvalue weighted by Crippen LogP contribution is 2.17. The number of hydrogen-bond acceptors (Lipinski definition) is 6. The fourth-order valence-electron chi connectivity index (χ4n) is 1.37. The van der Waals surface area contributed by atoms with E-state index in [1.165, 1.54) is 24.0 Å². The monoisotopic (exact) mass is 304 g/mol. The van der Waals surface area contributed by atoms with Crippen LogP contribution in [0.2, 0.25) is 0 Å². The Morgan fingerprint density at radius 3 is 2.76 bits per heavy atom. The second-order valence-corrected chi connectivity index (χ2v) is 4.91. The van der Waals surface area contributed by atoms with Crippen LogP contribution in [0.1, 0.15) is 10.5 Å². The third-order valence-corrected chi connectivity index (χ3v) is 3.31. The van der Waals surface area contributed by atoms with Crippen LogP contribution in [-0.2, 0) is 4.79 Å². The lowest BCUT2D eigenvalue weighted by Gasteiger charge is -2.07. The standard InChI is InChI=1S/C13H12N4O3S/c18-12(17-16-11-3-1-2-5-15-11)8-21-9-4-6-14-10(7-9)13(19)20/h1-7H,8H2,(H,15,16)(H,17,18)(H,19,20). The topological polar surface area (TPSA) is 104 Å². The lowest BCUT2D eigenvalue weighted by atomic mass is 10.3.